The molecule has 0 radical (unpaired) electrons. The van der Waals surface area contributed by atoms with Gasteiger partial charge in [0.2, 0.25) is 0 Å². The molecule has 1 atom stereocenters. The first-order chi connectivity index (χ1) is 37.0. The van der Waals surface area contributed by atoms with Crippen molar-refractivity contribution in [3.63, 3.8) is 0 Å². The zero-order valence-corrected chi connectivity index (χ0v) is 49.8. The largest absolute Gasteiger partial charge is 0.462 e. The number of unbranched alkanes of at least 4 members (excludes halogenated alkanes) is 36. The Morgan fingerprint density at radius 2 is 0.520 bits per heavy atom. The first-order valence-electron chi connectivity index (χ1n) is 32.4. The van der Waals surface area contributed by atoms with Crippen molar-refractivity contribution in [3.05, 3.63) is 72.9 Å². The molecule has 434 valence electrons. The van der Waals surface area contributed by atoms with Gasteiger partial charge < -0.3 is 14.2 Å². The second-order valence-electron chi connectivity index (χ2n) is 21.6. The lowest BCUT2D eigenvalue weighted by atomic mass is 10.0. The predicted octanol–water partition coefficient (Wildman–Crippen LogP) is 22.1. The molecule has 0 saturated heterocycles. The fraction of sp³-hybridized carbons (Fsp3) is 0.783. The highest BCUT2D eigenvalue weighted by Crippen LogP contribution is 2.17. The van der Waals surface area contributed by atoms with Gasteiger partial charge in [0, 0.05) is 19.3 Å². The second-order valence-corrected chi connectivity index (χ2v) is 21.6. The van der Waals surface area contributed by atoms with Gasteiger partial charge in [-0.25, -0.2) is 0 Å². The van der Waals surface area contributed by atoms with Crippen molar-refractivity contribution in [2.45, 2.75) is 335 Å². The topological polar surface area (TPSA) is 78.9 Å². The molecular formula is C69H122O6. The van der Waals surface area contributed by atoms with Gasteiger partial charge >= 0.3 is 17.9 Å². The molecule has 0 aromatic heterocycles. The van der Waals surface area contributed by atoms with Gasteiger partial charge in [-0.05, 0) is 89.9 Å². The summed E-state index contributed by atoms with van der Waals surface area (Å²) in [6.07, 6.45) is 82.0. The summed E-state index contributed by atoms with van der Waals surface area (Å²) >= 11 is 0. The minimum Gasteiger partial charge on any atom is -0.462 e. The molecule has 6 nitrogen and oxygen atoms in total. The smallest absolute Gasteiger partial charge is 0.306 e. The summed E-state index contributed by atoms with van der Waals surface area (Å²) in [7, 11) is 0. The van der Waals surface area contributed by atoms with Crippen LogP contribution in [0.4, 0.5) is 0 Å². The van der Waals surface area contributed by atoms with Crippen LogP contribution in [-0.4, -0.2) is 37.2 Å². The summed E-state index contributed by atoms with van der Waals surface area (Å²) in [6, 6.07) is 0. The zero-order chi connectivity index (χ0) is 54.3. The van der Waals surface area contributed by atoms with Gasteiger partial charge in [0.05, 0.1) is 0 Å². The number of carbonyl (C=O) groups excluding carboxylic acids is 3. The van der Waals surface area contributed by atoms with E-state index in [2.05, 4.69) is 93.7 Å². The molecule has 0 heterocycles. The van der Waals surface area contributed by atoms with Crippen LogP contribution in [0.2, 0.25) is 0 Å². The fourth-order valence-corrected chi connectivity index (χ4v) is 9.35. The zero-order valence-electron chi connectivity index (χ0n) is 49.8. The van der Waals surface area contributed by atoms with Gasteiger partial charge in [-0.1, -0.05) is 293 Å². The predicted molar refractivity (Wildman–Crippen MR) is 325 cm³/mol. The van der Waals surface area contributed by atoms with E-state index < -0.39 is 6.10 Å². The highest BCUT2D eigenvalue weighted by molar-refractivity contribution is 5.71. The van der Waals surface area contributed by atoms with Crippen molar-refractivity contribution in [1.29, 1.82) is 0 Å². The molecular weight excluding hydrogens is 925 g/mol. The van der Waals surface area contributed by atoms with Crippen molar-refractivity contribution < 1.29 is 28.6 Å². The maximum absolute atomic E-state index is 12.9. The maximum atomic E-state index is 12.9. The highest BCUT2D eigenvalue weighted by Gasteiger charge is 2.19. The Bertz CT molecular complexity index is 1390. The molecule has 0 spiro atoms. The highest BCUT2D eigenvalue weighted by atomic mass is 16.6. The summed E-state index contributed by atoms with van der Waals surface area (Å²) in [5.74, 6) is -0.876. The molecule has 0 aliphatic heterocycles. The van der Waals surface area contributed by atoms with E-state index in [1.807, 2.05) is 0 Å². The number of allylic oxidation sites excluding steroid dienone is 12. The number of carbonyl (C=O) groups is 3. The quantitative estimate of drug-likeness (QED) is 0.0261. The first kappa shape index (κ1) is 71.8. The molecule has 0 aromatic carbocycles. The van der Waals surface area contributed by atoms with Crippen LogP contribution >= 0.6 is 0 Å². The molecule has 1 unspecified atom stereocenters. The standard InChI is InChI=1S/C69H122O6/c1-4-7-10-13-16-19-22-25-27-29-31-33-34-35-36-37-39-40-42-44-47-50-53-56-59-62-68(71)74-65-66(64-73-67(70)61-58-55-52-49-46-24-21-18-15-12-9-6-3)75-69(72)63-60-57-54-51-48-45-43-41-38-32-30-28-26-23-20-17-14-11-8-5-2/h7,10,16,18-19,21,25,27,31,33,35-36,66H,4-6,8-9,11-15,17,20,22-24,26,28-30,32,34,37-65H2,1-3H3/b10-7-,19-16-,21-18-,27-25-,33-31-,36-35-. The molecule has 0 bridgehead atoms. The molecule has 0 rings (SSSR count). The lowest BCUT2D eigenvalue weighted by Gasteiger charge is -2.18. The van der Waals surface area contributed by atoms with E-state index in [9.17, 15) is 14.4 Å². The first-order valence-corrected chi connectivity index (χ1v) is 32.4. The molecule has 0 aliphatic rings. The Balaban J connectivity index is 4.29. The molecule has 75 heavy (non-hydrogen) atoms. The Hall–Kier alpha value is -3.15. The number of hydrogen-bond donors (Lipinski definition) is 0. The lowest BCUT2D eigenvalue weighted by Crippen LogP contribution is -2.30. The van der Waals surface area contributed by atoms with Gasteiger partial charge in [-0.15, -0.1) is 0 Å². The van der Waals surface area contributed by atoms with E-state index in [1.165, 1.54) is 186 Å². The minimum atomic E-state index is -0.780. The van der Waals surface area contributed by atoms with E-state index in [4.69, 9.17) is 14.2 Å². The van der Waals surface area contributed by atoms with Gasteiger partial charge in [0.25, 0.3) is 0 Å². The van der Waals surface area contributed by atoms with Crippen LogP contribution in [0, 0.1) is 0 Å². The van der Waals surface area contributed by atoms with Crippen LogP contribution in [-0.2, 0) is 28.6 Å². The van der Waals surface area contributed by atoms with E-state index in [0.717, 1.165) is 103 Å². The molecule has 0 aromatic rings. The summed E-state index contributed by atoms with van der Waals surface area (Å²) in [5, 5.41) is 0. The lowest BCUT2D eigenvalue weighted by molar-refractivity contribution is -0.167. The van der Waals surface area contributed by atoms with Crippen molar-refractivity contribution in [3.8, 4) is 0 Å². The molecule has 0 fully saturated rings. The maximum Gasteiger partial charge on any atom is 0.306 e. The second kappa shape index (κ2) is 63.4. The van der Waals surface area contributed by atoms with Crippen LogP contribution in [0.15, 0.2) is 72.9 Å². The third-order valence-corrected chi connectivity index (χ3v) is 14.2. The van der Waals surface area contributed by atoms with Crippen molar-refractivity contribution in [2.75, 3.05) is 13.2 Å². The van der Waals surface area contributed by atoms with Crippen molar-refractivity contribution in [1.82, 2.24) is 0 Å². The van der Waals surface area contributed by atoms with Crippen LogP contribution in [0.5, 0.6) is 0 Å². The number of ether oxygens (including phenoxy) is 3. The average Bonchev–Trinajstić information content (AvgIpc) is 3.41. The van der Waals surface area contributed by atoms with Crippen LogP contribution in [0.3, 0.4) is 0 Å². The Morgan fingerprint density at radius 3 is 0.853 bits per heavy atom. The molecule has 0 saturated carbocycles. The summed E-state index contributed by atoms with van der Waals surface area (Å²) < 4.78 is 16.9. The van der Waals surface area contributed by atoms with Crippen molar-refractivity contribution >= 4 is 17.9 Å². The van der Waals surface area contributed by atoms with Gasteiger partial charge in [-0.2, -0.15) is 0 Å². The molecule has 6 heteroatoms. The normalized spacial score (nSPS) is 12.5. The third-order valence-electron chi connectivity index (χ3n) is 14.2. The molecule has 0 N–H and O–H groups in total. The number of rotatable bonds is 59. The Morgan fingerprint density at radius 1 is 0.280 bits per heavy atom. The van der Waals surface area contributed by atoms with Gasteiger partial charge in [0.15, 0.2) is 6.10 Å². The minimum absolute atomic E-state index is 0.0781. The van der Waals surface area contributed by atoms with Gasteiger partial charge in [0.1, 0.15) is 13.2 Å². The van der Waals surface area contributed by atoms with Crippen LogP contribution in [0.1, 0.15) is 329 Å². The fourth-order valence-electron chi connectivity index (χ4n) is 9.35. The van der Waals surface area contributed by atoms with E-state index in [0.29, 0.717) is 19.3 Å². The van der Waals surface area contributed by atoms with E-state index in [-0.39, 0.29) is 31.1 Å². The average molecular weight is 1050 g/mol. The third kappa shape index (κ3) is 61.6. The Kier molecular flexibility index (Phi) is 60.7. The Labute approximate surface area is 465 Å². The summed E-state index contributed by atoms with van der Waals surface area (Å²) in [5.41, 5.74) is 0. The SMILES string of the molecule is CC/C=C\C/C=C\C/C=C\C/C=C\C/C=C\CCCCCCCCCCCC(=O)OCC(COC(=O)CCCCCCC/C=C\CCCCC)OC(=O)CCCCCCCCCCCCCCCCCCCCCC. The van der Waals surface area contributed by atoms with E-state index >= 15 is 0 Å². The summed E-state index contributed by atoms with van der Waals surface area (Å²) in [4.78, 5) is 38.3. The van der Waals surface area contributed by atoms with Gasteiger partial charge in [-0.3, -0.25) is 14.4 Å². The number of hydrogen-bond acceptors (Lipinski definition) is 6. The van der Waals surface area contributed by atoms with Crippen LogP contribution < -0.4 is 0 Å². The number of esters is 3. The van der Waals surface area contributed by atoms with Crippen molar-refractivity contribution in [2.24, 2.45) is 0 Å². The molecule has 0 amide bonds. The monoisotopic (exact) mass is 1050 g/mol. The van der Waals surface area contributed by atoms with E-state index in [1.54, 1.807) is 0 Å². The van der Waals surface area contributed by atoms with Crippen LogP contribution in [0.25, 0.3) is 0 Å². The molecule has 0 aliphatic carbocycles. The summed E-state index contributed by atoms with van der Waals surface area (Å²) in [6.45, 7) is 6.53.